The maximum Gasteiger partial charge on any atom is 0.127 e. The van der Waals surface area contributed by atoms with Crippen molar-refractivity contribution >= 4 is 0 Å². The van der Waals surface area contributed by atoms with Crippen LogP contribution in [0.5, 0.6) is 0 Å². The van der Waals surface area contributed by atoms with Gasteiger partial charge >= 0.3 is 0 Å². The molecule has 1 nitrogen and oxygen atoms in total. The van der Waals surface area contributed by atoms with Crippen LogP contribution in [0.4, 0.5) is 4.39 Å². The summed E-state index contributed by atoms with van der Waals surface area (Å²) in [7, 11) is 0. The minimum atomic E-state index is -0.146. The summed E-state index contributed by atoms with van der Waals surface area (Å²) in [5.74, 6) is -0.146. The second kappa shape index (κ2) is 6.86. The Labute approximate surface area is 127 Å². The zero-order valence-electron chi connectivity index (χ0n) is 13.1. The van der Waals surface area contributed by atoms with Crippen molar-refractivity contribution in [1.82, 2.24) is 5.32 Å². The molecule has 0 amide bonds. The Bertz CT molecular complexity index is 557. The van der Waals surface area contributed by atoms with E-state index in [0.29, 0.717) is 12.1 Å². The molecule has 1 N–H and O–H groups in total. The number of hydrogen-bond donors (Lipinski definition) is 1. The minimum absolute atomic E-state index is 0.146. The predicted octanol–water partition coefficient (Wildman–Crippen LogP) is 5.09. The van der Waals surface area contributed by atoms with E-state index < -0.39 is 0 Å². The lowest BCUT2D eigenvalue weighted by Gasteiger charge is -2.27. The molecule has 1 unspecified atom stereocenters. The summed E-state index contributed by atoms with van der Waals surface area (Å²) in [5.41, 5.74) is 2.18. The Morgan fingerprint density at radius 2 is 1.57 bits per heavy atom. The maximum absolute atomic E-state index is 13.7. The van der Waals surface area contributed by atoms with Gasteiger partial charge in [-0.25, -0.2) is 4.39 Å². The van der Waals surface area contributed by atoms with Crippen LogP contribution in [0.3, 0.4) is 0 Å². The van der Waals surface area contributed by atoms with Crippen molar-refractivity contribution in [3.63, 3.8) is 0 Å². The normalized spacial score (nSPS) is 13.1. The highest BCUT2D eigenvalue weighted by molar-refractivity contribution is 5.21. The second-order valence-corrected chi connectivity index (χ2v) is 6.70. The third kappa shape index (κ3) is 4.98. The summed E-state index contributed by atoms with van der Waals surface area (Å²) in [4.78, 5) is 0. The van der Waals surface area contributed by atoms with Crippen LogP contribution in [0.2, 0.25) is 0 Å². The highest BCUT2D eigenvalue weighted by Crippen LogP contribution is 2.29. The molecule has 21 heavy (non-hydrogen) atoms. The van der Waals surface area contributed by atoms with Crippen molar-refractivity contribution < 1.29 is 4.39 Å². The number of nitrogens with one attached hydrogen (secondary N) is 1. The molecule has 2 aromatic rings. The smallest absolute Gasteiger partial charge is 0.127 e. The van der Waals surface area contributed by atoms with Gasteiger partial charge < -0.3 is 5.32 Å². The van der Waals surface area contributed by atoms with Crippen LogP contribution in [-0.4, -0.2) is 0 Å². The number of hydrogen-bond acceptors (Lipinski definition) is 1. The van der Waals surface area contributed by atoms with Crippen LogP contribution < -0.4 is 5.32 Å². The van der Waals surface area contributed by atoms with E-state index in [-0.39, 0.29) is 17.3 Å². The summed E-state index contributed by atoms with van der Waals surface area (Å²) in [6.45, 7) is 7.23. The van der Waals surface area contributed by atoms with Gasteiger partial charge in [0.05, 0.1) is 0 Å². The predicted molar refractivity (Wildman–Crippen MR) is 86.5 cm³/mol. The molecule has 2 heteroatoms. The fourth-order valence-corrected chi connectivity index (χ4v) is 2.48. The van der Waals surface area contributed by atoms with E-state index in [9.17, 15) is 4.39 Å². The summed E-state index contributed by atoms with van der Waals surface area (Å²) in [6, 6.07) is 17.6. The standard InChI is InChI=1S/C19H24FN/c1-19(2,3)13-18(15-9-5-4-6-10-15)21-14-16-11-7-8-12-17(16)20/h4-12,18,21H,13-14H2,1-3H3. The molecule has 0 saturated carbocycles. The summed E-state index contributed by atoms with van der Waals surface area (Å²) in [5, 5.41) is 3.51. The first-order valence-electron chi connectivity index (χ1n) is 7.47. The minimum Gasteiger partial charge on any atom is -0.306 e. The lowest BCUT2D eigenvalue weighted by molar-refractivity contribution is 0.309. The molecule has 2 aromatic carbocycles. The van der Waals surface area contributed by atoms with Crippen molar-refractivity contribution in [2.75, 3.05) is 0 Å². The number of benzene rings is 2. The van der Waals surface area contributed by atoms with Gasteiger partial charge in [-0.3, -0.25) is 0 Å². The molecule has 0 saturated heterocycles. The van der Waals surface area contributed by atoms with Crippen LogP contribution >= 0.6 is 0 Å². The third-order valence-electron chi connectivity index (χ3n) is 3.52. The molecule has 0 aromatic heterocycles. The second-order valence-electron chi connectivity index (χ2n) is 6.70. The topological polar surface area (TPSA) is 12.0 Å². The molecule has 0 aliphatic rings. The van der Waals surface area contributed by atoms with E-state index in [2.05, 4.69) is 50.4 Å². The van der Waals surface area contributed by atoms with Crippen molar-refractivity contribution in [1.29, 1.82) is 0 Å². The number of rotatable bonds is 5. The van der Waals surface area contributed by atoms with Crippen LogP contribution in [0.1, 0.15) is 44.4 Å². The van der Waals surface area contributed by atoms with Gasteiger partial charge in [-0.15, -0.1) is 0 Å². The van der Waals surface area contributed by atoms with Gasteiger partial charge in [0, 0.05) is 18.2 Å². The molecule has 0 radical (unpaired) electrons. The molecule has 2 rings (SSSR count). The first kappa shape index (κ1) is 15.7. The van der Waals surface area contributed by atoms with Crippen molar-refractivity contribution in [2.24, 2.45) is 5.41 Å². The average molecular weight is 285 g/mol. The summed E-state index contributed by atoms with van der Waals surface area (Å²) in [6.07, 6.45) is 1.01. The zero-order chi connectivity index (χ0) is 15.3. The van der Waals surface area contributed by atoms with Crippen LogP contribution in [0.25, 0.3) is 0 Å². The van der Waals surface area contributed by atoms with Crippen molar-refractivity contribution in [3.05, 3.63) is 71.5 Å². The largest absolute Gasteiger partial charge is 0.306 e. The molecule has 0 spiro atoms. The molecule has 0 bridgehead atoms. The monoisotopic (exact) mass is 285 g/mol. The first-order valence-corrected chi connectivity index (χ1v) is 7.47. The van der Waals surface area contributed by atoms with E-state index in [1.165, 1.54) is 11.6 Å². The first-order chi connectivity index (χ1) is 9.96. The molecule has 0 fully saturated rings. The lowest BCUT2D eigenvalue weighted by atomic mass is 9.85. The van der Waals surface area contributed by atoms with Crippen LogP contribution in [-0.2, 0) is 6.54 Å². The fraction of sp³-hybridized carbons (Fsp3) is 0.368. The fourth-order valence-electron chi connectivity index (χ4n) is 2.48. The lowest BCUT2D eigenvalue weighted by Crippen LogP contribution is -2.25. The highest BCUT2D eigenvalue weighted by atomic mass is 19.1. The Kier molecular flexibility index (Phi) is 5.13. The maximum atomic E-state index is 13.7. The quantitative estimate of drug-likeness (QED) is 0.806. The van der Waals surface area contributed by atoms with Gasteiger partial charge in [0.15, 0.2) is 0 Å². The van der Waals surface area contributed by atoms with Gasteiger partial charge in [0.2, 0.25) is 0 Å². The van der Waals surface area contributed by atoms with E-state index >= 15 is 0 Å². The Morgan fingerprint density at radius 1 is 0.952 bits per heavy atom. The average Bonchev–Trinajstić information content (AvgIpc) is 2.45. The zero-order valence-corrected chi connectivity index (χ0v) is 13.1. The van der Waals surface area contributed by atoms with E-state index in [1.807, 2.05) is 18.2 Å². The number of halogens is 1. The highest BCUT2D eigenvalue weighted by Gasteiger charge is 2.20. The Morgan fingerprint density at radius 3 is 2.19 bits per heavy atom. The van der Waals surface area contributed by atoms with Crippen LogP contribution in [0, 0.1) is 11.2 Å². The summed E-state index contributed by atoms with van der Waals surface area (Å²) < 4.78 is 13.7. The van der Waals surface area contributed by atoms with Gasteiger partial charge in [0.1, 0.15) is 5.82 Å². The van der Waals surface area contributed by atoms with Gasteiger partial charge in [0.25, 0.3) is 0 Å². The van der Waals surface area contributed by atoms with Crippen molar-refractivity contribution in [2.45, 2.75) is 39.8 Å². The molecule has 0 heterocycles. The molecule has 0 aliphatic carbocycles. The molecule has 1 atom stereocenters. The van der Waals surface area contributed by atoms with E-state index in [1.54, 1.807) is 6.07 Å². The molecule has 112 valence electrons. The van der Waals surface area contributed by atoms with Gasteiger partial charge in [-0.1, -0.05) is 69.3 Å². The van der Waals surface area contributed by atoms with Crippen molar-refractivity contribution in [3.8, 4) is 0 Å². The summed E-state index contributed by atoms with van der Waals surface area (Å²) >= 11 is 0. The van der Waals surface area contributed by atoms with E-state index in [0.717, 1.165) is 6.42 Å². The molecular formula is C19H24FN. The molecule has 0 aliphatic heterocycles. The SMILES string of the molecule is CC(C)(C)CC(NCc1ccccc1F)c1ccccc1. The van der Waals surface area contributed by atoms with E-state index in [4.69, 9.17) is 0 Å². The Balaban J connectivity index is 2.11. The Hall–Kier alpha value is -1.67. The van der Waals surface area contributed by atoms with Gasteiger partial charge in [-0.05, 0) is 23.5 Å². The van der Waals surface area contributed by atoms with Gasteiger partial charge in [-0.2, -0.15) is 0 Å². The molecular weight excluding hydrogens is 261 g/mol. The third-order valence-corrected chi connectivity index (χ3v) is 3.52. The van der Waals surface area contributed by atoms with Crippen LogP contribution in [0.15, 0.2) is 54.6 Å².